The number of H-pyrrole nitrogens is 1. The van der Waals surface area contributed by atoms with Gasteiger partial charge in [0.05, 0.1) is 24.1 Å². The van der Waals surface area contributed by atoms with Crippen LogP contribution in [0.2, 0.25) is 0 Å². The summed E-state index contributed by atoms with van der Waals surface area (Å²) in [6.07, 6.45) is 0. The first-order valence-corrected chi connectivity index (χ1v) is 12.5. The minimum absolute atomic E-state index is 0.0450. The number of piperazine rings is 1. The Morgan fingerprint density at radius 2 is 1.74 bits per heavy atom. The third kappa shape index (κ3) is 4.77. The lowest BCUT2D eigenvalue weighted by atomic mass is 10.2. The number of nitrogens with zero attached hydrogens (tertiary/aromatic N) is 4. The second-order valence-electron chi connectivity index (χ2n) is 8.44. The van der Waals surface area contributed by atoms with Crippen LogP contribution in [-0.4, -0.2) is 64.4 Å². The predicted molar refractivity (Wildman–Crippen MR) is 139 cm³/mol. The number of anilines is 1. The molecule has 1 amide bonds. The zero-order valence-corrected chi connectivity index (χ0v) is 20.5. The number of hydrogen-bond acceptors (Lipinski definition) is 6. The molecule has 3 heterocycles. The molecule has 2 aromatic carbocycles. The Morgan fingerprint density at radius 1 is 1.03 bits per heavy atom. The molecule has 0 spiro atoms. The monoisotopic (exact) mass is 489 g/mol. The number of rotatable bonds is 6. The minimum Gasteiger partial charge on any atom is -0.497 e. The number of carbonyl (C=O) groups is 1. The van der Waals surface area contributed by atoms with Crippen molar-refractivity contribution in [2.24, 2.45) is 0 Å². The van der Waals surface area contributed by atoms with E-state index in [4.69, 9.17) is 9.72 Å². The predicted octanol–water partition coefficient (Wildman–Crippen LogP) is 3.47. The number of aromatic amines is 1. The summed E-state index contributed by atoms with van der Waals surface area (Å²) in [7, 11) is 1.66. The number of para-hydroxylation sites is 1. The fourth-order valence-corrected chi connectivity index (χ4v) is 5.22. The topological polar surface area (TPSA) is 83.5 Å². The second kappa shape index (κ2) is 9.87. The third-order valence-electron chi connectivity index (χ3n) is 6.16. The summed E-state index contributed by atoms with van der Waals surface area (Å²) < 4.78 is 6.82. The Morgan fingerprint density at radius 3 is 2.43 bits per heavy atom. The van der Waals surface area contributed by atoms with E-state index in [1.54, 1.807) is 11.7 Å². The van der Waals surface area contributed by atoms with Gasteiger partial charge in [-0.2, -0.15) is 0 Å². The SMILES string of the molecule is COc1ccc(N2CCN(C(=O)CSc3nc4cc(C)[nH]c4c(=O)n3-c3ccccc3)CC2)cc1. The molecule has 1 saturated heterocycles. The number of amides is 1. The van der Waals surface area contributed by atoms with Crippen molar-refractivity contribution in [2.45, 2.75) is 12.1 Å². The number of methoxy groups -OCH3 is 1. The van der Waals surface area contributed by atoms with E-state index in [9.17, 15) is 9.59 Å². The van der Waals surface area contributed by atoms with Crippen molar-refractivity contribution in [3.63, 3.8) is 0 Å². The molecule has 0 atom stereocenters. The van der Waals surface area contributed by atoms with E-state index in [1.165, 1.54) is 11.8 Å². The fraction of sp³-hybridized carbons (Fsp3) is 0.269. The van der Waals surface area contributed by atoms with Gasteiger partial charge < -0.3 is 19.5 Å². The molecule has 1 fully saturated rings. The molecule has 0 bridgehead atoms. The fourth-order valence-electron chi connectivity index (χ4n) is 4.30. The second-order valence-corrected chi connectivity index (χ2v) is 9.38. The van der Waals surface area contributed by atoms with Crippen LogP contribution in [0.4, 0.5) is 5.69 Å². The van der Waals surface area contributed by atoms with Crippen molar-refractivity contribution in [1.82, 2.24) is 19.4 Å². The normalized spacial score (nSPS) is 13.9. The summed E-state index contributed by atoms with van der Waals surface area (Å²) in [5, 5.41) is 0.512. The smallest absolute Gasteiger partial charge is 0.283 e. The maximum atomic E-state index is 13.3. The molecule has 8 nitrogen and oxygen atoms in total. The van der Waals surface area contributed by atoms with E-state index in [2.05, 4.69) is 9.88 Å². The molecule has 1 aliphatic rings. The van der Waals surface area contributed by atoms with Gasteiger partial charge >= 0.3 is 0 Å². The molecule has 180 valence electrons. The number of aromatic nitrogens is 3. The molecule has 2 aromatic heterocycles. The third-order valence-corrected chi connectivity index (χ3v) is 7.09. The van der Waals surface area contributed by atoms with E-state index in [0.29, 0.717) is 29.3 Å². The average molecular weight is 490 g/mol. The molecule has 35 heavy (non-hydrogen) atoms. The van der Waals surface area contributed by atoms with Gasteiger partial charge in [-0.3, -0.25) is 14.2 Å². The van der Waals surface area contributed by atoms with Gasteiger partial charge in [0, 0.05) is 37.6 Å². The maximum absolute atomic E-state index is 13.3. The number of ether oxygens (including phenoxy) is 1. The first-order valence-electron chi connectivity index (χ1n) is 11.5. The first-order chi connectivity index (χ1) is 17.0. The van der Waals surface area contributed by atoms with Crippen LogP contribution in [0.1, 0.15) is 5.69 Å². The lowest BCUT2D eigenvalue weighted by Crippen LogP contribution is -2.49. The van der Waals surface area contributed by atoms with Crippen LogP contribution in [0.5, 0.6) is 5.75 Å². The average Bonchev–Trinajstić information content (AvgIpc) is 3.28. The van der Waals surface area contributed by atoms with E-state index in [-0.39, 0.29) is 17.2 Å². The Hall–Kier alpha value is -3.72. The van der Waals surface area contributed by atoms with Gasteiger partial charge in [0.1, 0.15) is 11.3 Å². The van der Waals surface area contributed by atoms with Crippen LogP contribution in [0, 0.1) is 6.92 Å². The molecular formula is C26H27N5O3S. The number of aryl methyl sites for hydroxylation is 1. The number of nitrogens with one attached hydrogen (secondary N) is 1. The minimum atomic E-state index is -0.169. The molecule has 1 aliphatic heterocycles. The van der Waals surface area contributed by atoms with Gasteiger partial charge in [-0.15, -0.1) is 0 Å². The quantitative estimate of drug-likeness (QED) is 0.330. The molecule has 1 N–H and O–H groups in total. The van der Waals surface area contributed by atoms with Crippen molar-refractivity contribution < 1.29 is 9.53 Å². The van der Waals surface area contributed by atoms with E-state index in [1.807, 2.05) is 72.5 Å². The van der Waals surface area contributed by atoms with Crippen LogP contribution in [0.25, 0.3) is 16.7 Å². The highest BCUT2D eigenvalue weighted by atomic mass is 32.2. The highest BCUT2D eigenvalue weighted by molar-refractivity contribution is 7.99. The number of carbonyl (C=O) groups excluding carboxylic acids is 1. The summed E-state index contributed by atoms with van der Waals surface area (Å²) in [5.74, 6) is 1.09. The number of benzene rings is 2. The summed E-state index contributed by atoms with van der Waals surface area (Å²) >= 11 is 1.30. The number of thioether (sulfide) groups is 1. The van der Waals surface area contributed by atoms with Gasteiger partial charge in [-0.05, 0) is 49.4 Å². The molecule has 0 unspecified atom stereocenters. The van der Waals surface area contributed by atoms with Crippen molar-refractivity contribution in [3.8, 4) is 11.4 Å². The van der Waals surface area contributed by atoms with Crippen LogP contribution in [0.15, 0.2) is 70.6 Å². The summed E-state index contributed by atoms with van der Waals surface area (Å²) in [6.45, 7) is 4.74. The number of fused-ring (bicyclic) bond motifs is 1. The summed E-state index contributed by atoms with van der Waals surface area (Å²) in [4.78, 5) is 38.3. The zero-order chi connectivity index (χ0) is 24.4. The van der Waals surface area contributed by atoms with Crippen molar-refractivity contribution in [3.05, 3.63) is 76.7 Å². The van der Waals surface area contributed by atoms with Crippen LogP contribution >= 0.6 is 11.8 Å². The lowest BCUT2D eigenvalue weighted by molar-refractivity contribution is -0.128. The molecular weight excluding hydrogens is 462 g/mol. The molecule has 0 aliphatic carbocycles. The first kappa shape index (κ1) is 23.0. The lowest BCUT2D eigenvalue weighted by Gasteiger charge is -2.36. The van der Waals surface area contributed by atoms with Crippen LogP contribution in [0.3, 0.4) is 0 Å². The molecule has 9 heteroatoms. The van der Waals surface area contributed by atoms with Crippen LogP contribution < -0.4 is 15.2 Å². The standard InChI is InChI=1S/C26H27N5O3S/c1-18-16-22-24(27-18)25(33)31(20-6-4-3-5-7-20)26(28-22)35-17-23(32)30-14-12-29(13-15-30)19-8-10-21(34-2)11-9-19/h3-11,16,27H,12-15,17H2,1-2H3. The van der Waals surface area contributed by atoms with E-state index >= 15 is 0 Å². The Kier molecular flexibility index (Phi) is 6.50. The molecule has 0 saturated carbocycles. The summed E-state index contributed by atoms with van der Waals surface area (Å²) in [5.41, 5.74) is 3.63. The molecule has 5 rings (SSSR count). The zero-order valence-electron chi connectivity index (χ0n) is 19.7. The Balaban J connectivity index is 1.29. The van der Waals surface area contributed by atoms with E-state index in [0.717, 1.165) is 35.9 Å². The van der Waals surface area contributed by atoms with Crippen molar-refractivity contribution in [2.75, 3.05) is 43.9 Å². The molecule has 0 radical (unpaired) electrons. The van der Waals surface area contributed by atoms with Crippen molar-refractivity contribution in [1.29, 1.82) is 0 Å². The molecule has 4 aromatic rings. The maximum Gasteiger partial charge on any atom is 0.283 e. The van der Waals surface area contributed by atoms with Crippen LogP contribution in [-0.2, 0) is 4.79 Å². The van der Waals surface area contributed by atoms with Gasteiger partial charge in [-0.1, -0.05) is 30.0 Å². The Labute approximate surface area is 207 Å². The van der Waals surface area contributed by atoms with Gasteiger partial charge in [0.15, 0.2) is 5.16 Å². The number of hydrogen-bond donors (Lipinski definition) is 1. The highest BCUT2D eigenvalue weighted by Gasteiger charge is 2.23. The van der Waals surface area contributed by atoms with E-state index < -0.39 is 0 Å². The summed E-state index contributed by atoms with van der Waals surface area (Å²) in [6, 6.07) is 19.2. The van der Waals surface area contributed by atoms with Crippen molar-refractivity contribution >= 4 is 34.4 Å². The van der Waals surface area contributed by atoms with Gasteiger partial charge in [0.2, 0.25) is 5.91 Å². The van der Waals surface area contributed by atoms with Gasteiger partial charge in [-0.25, -0.2) is 4.98 Å². The highest BCUT2D eigenvalue weighted by Crippen LogP contribution is 2.24. The Bertz CT molecular complexity index is 1390. The largest absolute Gasteiger partial charge is 0.497 e. The van der Waals surface area contributed by atoms with Gasteiger partial charge in [0.25, 0.3) is 5.56 Å².